The molecule has 1 fully saturated rings. The van der Waals surface area contributed by atoms with Gasteiger partial charge in [0.25, 0.3) is 0 Å². The van der Waals surface area contributed by atoms with Crippen LogP contribution in [0.15, 0.2) is 24.3 Å². The zero-order valence-electron chi connectivity index (χ0n) is 15.9. The molecule has 5 heteroatoms. The number of hydrogen-bond acceptors (Lipinski definition) is 3. The summed E-state index contributed by atoms with van der Waals surface area (Å²) in [5, 5.41) is 5.80. The molecule has 1 aliphatic heterocycles. The average molecular weight is 345 g/mol. The number of carbonyl (C=O) groups is 2. The Kier molecular flexibility index (Phi) is 6.59. The van der Waals surface area contributed by atoms with E-state index >= 15 is 0 Å². The Morgan fingerprint density at radius 2 is 1.92 bits per heavy atom. The minimum atomic E-state index is -0.215. The van der Waals surface area contributed by atoms with E-state index in [0.29, 0.717) is 17.8 Å². The standard InChI is InChI=1S/C20H31N3O2/c1-5-16-7-6-12-23(13-16)20(3,4)14-21-19(25)22-18-10-8-17(9-11-18)15(2)24/h8-11,16H,5-7,12-14H2,1-4H3,(H2,21,22,25)/t16-/m0/s1. The summed E-state index contributed by atoms with van der Waals surface area (Å²) in [6.07, 6.45) is 3.76. The van der Waals surface area contributed by atoms with Crippen LogP contribution in [-0.2, 0) is 0 Å². The lowest BCUT2D eigenvalue weighted by molar-refractivity contribution is 0.0669. The summed E-state index contributed by atoms with van der Waals surface area (Å²) in [6, 6.07) is 6.73. The van der Waals surface area contributed by atoms with Gasteiger partial charge in [0.1, 0.15) is 0 Å². The third-order valence-electron chi connectivity index (χ3n) is 5.18. The summed E-state index contributed by atoms with van der Waals surface area (Å²) >= 11 is 0. The van der Waals surface area contributed by atoms with Crippen LogP contribution in [0.4, 0.5) is 10.5 Å². The van der Waals surface area contributed by atoms with E-state index < -0.39 is 0 Å². The fourth-order valence-corrected chi connectivity index (χ4v) is 3.32. The van der Waals surface area contributed by atoms with Crippen molar-refractivity contribution in [3.63, 3.8) is 0 Å². The number of amides is 2. The maximum Gasteiger partial charge on any atom is 0.319 e. The third-order valence-corrected chi connectivity index (χ3v) is 5.18. The summed E-state index contributed by atoms with van der Waals surface area (Å²) < 4.78 is 0. The molecule has 0 spiro atoms. The Morgan fingerprint density at radius 3 is 2.52 bits per heavy atom. The number of urea groups is 1. The van der Waals surface area contributed by atoms with E-state index in [1.165, 1.54) is 26.2 Å². The van der Waals surface area contributed by atoms with Crippen molar-refractivity contribution in [2.45, 2.75) is 52.5 Å². The van der Waals surface area contributed by atoms with Gasteiger partial charge >= 0.3 is 6.03 Å². The first kappa shape index (κ1) is 19.4. The average Bonchev–Trinajstić information content (AvgIpc) is 2.60. The molecule has 1 aromatic rings. The van der Waals surface area contributed by atoms with Gasteiger partial charge < -0.3 is 10.6 Å². The molecule has 138 valence electrons. The SMILES string of the molecule is CC[C@H]1CCCN(C(C)(C)CNC(=O)Nc2ccc(C(C)=O)cc2)C1. The molecule has 1 heterocycles. The molecule has 2 rings (SSSR count). The molecular formula is C20H31N3O2. The highest BCUT2D eigenvalue weighted by Crippen LogP contribution is 2.25. The van der Waals surface area contributed by atoms with Crippen LogP contribution >= 0.6 is 0 Å². The molecular weight excluding hydrogens is 314 g/mol. The second-order valence-corrected chi connectivity index (χ2v) is 7.62. The van der Waals surface area contributed by atoms with E-state index in [1.807, 2.05) is 0 Å². The van der Waals surface area contributed by atoms with E-state index in [4.69, 9.17) is 0 Å². The predicted molar refractivity (Wildman–Crippen MR) is 102 cm³/mol. The van der Waals surface area contributed by atoms with Gasteiger partial charge in [-0.15, -0.1) is 0 Å². The Bertz CT molecular complexity index is 595. The molecule has 0 bridgehead atoms. The molecule has 0 radical (unpaired) electrons. The molecule has 0 aromatic heterocycles. The lowest BCUT2D eigenvalue weighted by Crippen LogP contribution is -2.55. The number of benzene rings is 1. The van der Waals surface area contributed by atoms with Crippen LogP contribution in [0.2, 0.25) is 0 Å². The van der Waals surface area contributed by atoms with Crippen LogP contribution in [0, 0.1) is 5.92 Å². The Hall–Kier alpha value is -1.88. The molecule has 0 unspecified atom stereocenters. The van der Waals surface area contributed by atoms with Crippen molar-refractivity contribution in [2.75, 3.05) is 25.0 Å². The van der Waals surface area contributed by atoms with E-state index in [2.05, 4.69) is 36.3 Å². The highest BCUT2D eigenvalue weighted by Gasteiger charge is 2.31. The fourth-order valence-electron chi connectivity index (χ4n) is 3.32. The van der Waals surface area contributed by atoms with E-state index in [9.17, 15) is 9.59 Å². The van der Waals surface area contributed by atoms with Crippen molar-refractivity contribution < 1.29 is 9.59 Å². The Morgan fingerprint density at radius 1 is 1.24 bits per heavy atom. The van der Waals surface area contributed by atoms with Crippen molar-refractivity contribution in [3.8, 4) is 0 Å². The minimum Gasteiger partial charge on any atom is -0.336 e. The summed E-state index contributed by atoms with van der Waals surface area (Å²) in [5.41, 5.74) is 1.26. The van der Waals surface area contributed by atoms with Crippen LogP contribution < -0.4 is 10.6 Å². The first-order chi connectivity index (χ1) is 11.8. The molecule has 25 heavy (non-hydrogen) atoms. The van der Waals surface area contributed by atoms with Gasteiger partial charge in [0.15, 0.2) is 5.78 Å². The number of likely N-dealkylation sites (tertiary alicyclic amines) is 1. The Labute approximate surface area is 151 Å². The van der Waals surface area contributed by atoms with Crippen molar-refractivity contribution in [1.29, 1.82) is 0 Å². The largest absolute Gasteiger partial charge is 0.336 e. The third kappa shape index (κ3) is 5.56. The van der Waals surface area contributed by atoms with E-state index in [-0.39, 0.29) is 17.4 Å². The maximum absolute atomic E-state index is 12.2. The molecule has 1 atom stereocenters. The summed E-state index contributed by atoms with van der Waals surface area (Å²) in [7, 11) is 0. The second-order valence-electron chi connectivity index (χ2n) is 7.62. The van der Waals surface area contributed by atoms with Crippen LogP contribution in [0.3, 0.4) is 0 Å². The van der Waals surface area contributed by atoms with Crippen molar-refractivity contribution in [2.24, 2.45) is 5.92 Å². The number of piperidine rings is 1. The van der Waals surface area contributed by atoms with Gasteiger partial charge in [0.2, 0.25) is 0 Å². The zero-order chi connectivity index (χ0) is 18.4. The normalized spacial score (nSPS) is 18.6. The number of hydrogen-bond donors (Lipinski definition) is 2. The molecule has 1 aliphatic rings. The molecule has 0 saturated carbocycles. The van der Waals surface area contributed by atoms with Gasteiger partial charge in [0, 0.05) is 29.9 Å². The molecule has 1 aromatic carbocycles. The number of nitrogens with one attached hydrogen (secondary N) is 2. The molecule has 2 amide bonds. The Balaban J connectivity index is 1.84. The summed E-state index contributed by atoms with van der Waals surface area (Å²) in [4.78, 5) is 25.9. The van der Waals surface area contributed by atoms with Gasteiger partial charge in [-0.3, -0.25) is 9.69 Å². The number of ketones is 1. The number of carbonyl (C=O) groups excluding carboxylic acids is 2. The van der Waals surface area contributed by atoms with Crippen LogP contribution in [0.25, 0.3) is 0 Å². The maximum atomic E-state index is 12.2. The van der Waals surface area contributed by atoms with Crippen LogP contribution in [0.1, 0.15) is 57.3 Å². The first-order valence-electron chi connectivity index (χ1n) is 9.22. The molecule has 0 aliphatic carbocycles. The highest BCUT2D eigenvalue weighted by molar-refractivity contribution is 5.95. The van der Waals surface area contributed by atoms with Crippen molar-refractivity contribution >= 4 is 17.5 Å². The van der Waals surface area contributed by atoms with E-state index in [0.717, 1.165) is 19.0 Å². The first-order valence-corrected chi connectivity index (χ1v) is 9.22. The van der Waals surface area contributed by atoms with Gasteiger partial charge in [-0.2, -0.15) is 0 Å². The number of rotatable bonds is 6. The number of nitrogens with zero attached hydrogens (tertiary/aromatic N) is 1. The number of Topliss-reactive ketones (excluding diaryl/α,β-unsaturated/α-hetero) is 1. The smallest absolute Gasteiger partial charge is 0.319 e. The van der Waals surface area contributed by atoms with Crippen molar-refractivity contribution in [1.82, 2.24) is 10.2 Å². The van der Waals surface area contributed by atoms with Crippen molar-refractivity contribution in [3.05, 3.63) is 29.8 Å². The number of anilines is 1. The molecule has 2 N–H and O–H groups in total. The summed E-state index contributed by atoms with van der Waals surface area (Å²) in [6.45, 7) is 11.0. The molecule has 5 nitrogen and oxygen atoms in total. The minimum absolute atomic E-state index is 0.0182. The molecule has 1 saturated heterocycles. The van der Waals surface area contributed by atoms with Crippen LogP contribution in [-0.4, -0.2) is 41.9 Å². The van der Waals surface area contributed by atoms with E-state index in [1.54, 1.807) is 24.3 Å². The quantitative estimate of drug-likeness (QED) is 0.769. The predicted octanol–water partition coefficient (Wildman–Crippen LogP) is 3.91. The second kappa shape index (κ2) is 8.48. The summed E-state index contributed by atoms with van der Waals surface area (Å²) in [5.74, 6) is 0.784. The zero-order valence-corrected chi connectivity index (χ0v) is 15.9. The van der Waals surface area contributed by atoms with Gasteiger partial charge in [-0.25, -0.2) is 4.79 Å². The lowest BCUT2D eigenvalue weighted by atomic mass is 9.91. The fraction of sp³-hybridized carbons (Fsp3) is 0.600. The van der Waals surface area contributed by atoms with Crippen LogP contribution in [0.5, 0.6) is 0 Å². The van der Waals surface area contributed by atoms with Gasteiger partial charge in [0.05, 0.1) is 0 Å². The topological polar surface area (TPSA) is 61.4 Å². The monoisotopic (exact) mass is 345 g/mol. The lowest BCUT2D eigenvalue weighted by Gasteiger charge is -2.43. The van der Waals surface area contributed by atoms with Gasteiger partial charge in [-0.1, -0.05) is 13.3 Å². The highest BCUT2D eigenvalue weighted by atomic mass is 16.2. The van der Waals surface area contributed by atoms with Gasteiger partial charge in [-0.05, 0) is 70.3 Å².